The van der Waals surface area contributed by atoms with Crippen molar-refractivity contribution in [3.05, 3.63) is 0 Å². The van der Waals surface area contributed by atoms with Gasteiger partial charge >= 0.3 is 6.03 Å². The van der Waals surface area contributed by atoms with Gasteiger partial charge in [0, 0.05) is 25.7 Å². The number of hydrogen-bond donors (Lipinski definition) is 2. The Morgan fingerprint density at radius 3 is 2.52 bits per heavy atom. The lowest BCUT2D eigenvalue weighted by molar-refractivity contribution is 0.127. The minimum absolute atomic E-state index is 0.143. The number of carbonyl (C=O) groups excluding carboxylic acids is 1. The van der Waals surface area contributed by atoms with Crippen LogP contribution in [0.1, 0.15) is 57.8 Å². The molecule has 0 aromatic heterocycles. The van der Waals surface area contributed by atoms with Crippen LogP contribution in [0.15, 0.2) is 0 Å². The van der Waals surface area contributed by atoms with Crippen molar-refractivity contribution in [1.29, 1.82) is 0 Å². The van der Waals surface area contributed by atoms with Gasteiger partial charge in [-0.15, -0.1) is 0 Å². The summed E-state index contributed by atoms with van der Waals surface area (Å²) in [5.74, 6) is 4.00. The maximum atomic E-state index is 12.7. The standard InChI is InChI=1S/C19H32N2O2/c1-21(14-7-5-12(11-22)6-8-14)19(23)20-18-10-13-9-17(18)16-4-2-3-15(13)16/h12-18,22H,2-11H2,1H3,(H,20,23). The summed E-state index contributed by atoms with van der Waals surface area (Å²) >= 11 is 0. The zero-order valence-electron chi connectivity index (χ0n) is 14.4. The first-order valence-electron chi connectivity index (χ1n) is 9.81. The fourth-order valence-electron chi connectivity index (χ4n) is 6.38. The van der Waals surface area contributed by atoms with Crippen molar-refractivity contribution in [3.63, 3.8) is 0 Å². The van der Waals surface area contributed by atoms with E-state index in [1.807, 2.05) is 11.9 Å². The maximum Gasteiger partial charge on any atom is 0.317 e. The third-order valence-electron chi connectivity index (χ3n) is 7.68. The Morgan fingerprint density at radius 2 is 1.78 bits per heavy atom. The first kappa shape index (κ1) is 15.7. The number of hydrogen-bond acceptors (Lipinski definition) is 2. The monoisotopic (exact) mass is 320 g/mol. The number of nitrogens with one attached hydrogen (secondary N) is 1. The molecule has 4 fully saturated rings. The van der Waals surface area contributed by atoms with Crippen LogP contribution in [0, 0.1) is 29.6 Å². The predicted octanol–water partition coefficient (Wildman–Crippen LogP) is 3.00. The second-order valence-electron chi connectivity index (χ2n) is 8.68. The van der Waals surface area contributed by atoms with Crippen LogP contribution >= 0.6 is 0 Å². The lowest BCUT2D eigenvalue weighted by atomic mass is 9.79. The highest BCUT2D eigenvalue weighted by molar-refractivity contribution is 5.74. The van der Waals surface area contributed by atoms with E-state index in [9.17, 15) is 9.90 Å². The second-order valence-corrected chi connectivity index (χ2v) is 8.68. The van der Waals surface area contributed by atoms with Crippen LogP contribution in [0.3, 0.4) is 0 Å². The molecule has 0 aliphatic heterocycles. The number of aliphatic hydroxyl groups excluding tert-OH is 1. The van der Waals surface area contributed by atoms with Gasteiger partial charge < -0.3 is 15.3 Å². The third kappa shape index (κ3) is 2.77. The smallest absolute Gasteiger partial charge is 0.317 e. The summed E-state index contributed by atoms with van der Waals surface area (Å²) in [5, 5.41) is 12.6. The number of urea groups is 1. The Morgan fingerprint density at radius 1 is 1.04 bits per heavy atom. The summed E-state index contributed by atoms with van der Waals surface area (Å²) in [6.07, 6.45) is 11.0. The zero-order valence-corrected chi connectivity index (χ0v) is 14.4. The number of nitrogens with zero attached hydrogens (tertiary/aromatic N) is 1. The summed E-state index contributed by atoms with van der Waals surface area (Å²) in [7, 11) is 1.96. The van der Waals surface area contributed by atoms with Gasteiger partial charge in [-0.2, -0.15) is 0 Å². The lowest BCUT2D eigenvalue weighted by Crippen LogP contribution is -2.50. The van der Waals surface area contributed by atoms with Gasteiger partial charge in [0.05, 0.1) is 0 Å². The summed E-state index contributed by atoms with van der Waals surface area (Å²) in [4.78, 5) is 14.6. The molecule has 4 rings (SSSR count). The first-order chi connectivity index (χ1) is 11.2. The van der Waals surface area contributed by atoms with Crippen LogP contribution in [0.2, 0.25) is 0 Å². The quantitative estimate of drug-likeness (QED) is 0.840. The van der Waals surface area contributed by atoms with Gasteiger partial charge in [0.1, 0.15) is 0 Å². The molecular weight excluding hydrogens is 288 g/mol. The summed E-state index contributed by atoms with van der Waals surface area (Å²) in [5.41, 5.74) is 0. The van der Waals surface area contributed by atoms with Gasteiger partial charge in [0.15, 0.2) is 0 Å². The minimum Gasteiger partial charge on any atom is -0.396 e. The maximum absolute atomic E-state index is 12.7. The Bertz CT molecular complexity index is 447. The Kier molecular flexibility index (Phi) is 4.29. The molecule has 0 saturated heterocycles. The van der Waals surface area contributed by atoms with Crippen LogP contribution in [-0.2, 0) is 0 Å². The van der Waals surface area contributed by atoms with Crippen molar-refractivity contribution in [3.8, 4) is 0 Å². The van der Waals surface area contributed by atoms with Gasteiger partial charge in [-0.25, -0.2) is 4.79 Å². The number of aliphatic hydroxyl groups is 1. The largest absolute Gasteiger partial charge is 0.396 e. The predicted molar refractivity (Wildman–Crippen MR) is 90.0 cm³/mol. The average molecular weight is 320 g/mol. The third-order valence-corrected chi connectivity index (χ3v) is 7.68. The van der Waals surface area contributed by atoms with Gasteiger partial charge in [-0.3, -0.25) is 0 Å². The molecule has 0 aromatic carbocycles. The molecule has 4 saturated carbocycles. The lowest BCUT2D eigenvalue weighted by Gasteiger charge is -2.37. The van der Waals surface area contributed by atoms with Crippen LogP contribution in [0.5, 0.6) is 0 Å². The topological polar surface area (TPSA) is 52.6 Å². The van der Waals surface area contributed by atoms with Crippen molar-refractivity contribution >= 4 is 6.03 Å². The fraction of sp³-hybridized carbons (Fsp3) is 0.947. The van der Waals surface area contributed by atoms with Crippen LogP contribution < -0.4 is 5.32 Å². The van der Waals surface area contributed by atoms with Crippen LogP contribution in [0.4, 0.5) is 4.79 Å². The molecule has 0 heterocycles. The highest BCUT2D eigenvalue weighted by atomic mass is 16.3. The number of carbonyl (C=O) groups is 1. The van der Waals surface area contributed by atoms with E-state index < -0.39 is 0 Å². The Labute approximate surface area is 140 Å². The normalized spacial score (nSPS) is 45.0. The van der Waals surface area contributed by atoms with Crippen molar-refractivity contribution in [2.75, 3.05) is 13.7 Å². The van der Waals surface area contributed by atoms with Crippen molar-refractivity contribution < 1.29 is 9.90 Å². The Hall–Kier alpha value is -0.770. The van der Waals surface area contributed by atoms with Crippen molar-refractivity contribution in [1.82, 2.24) is 10.2 Å². The molecule has 5 atom stereocenters. The molecular formula is C19H32N2O2. The number of rotatable bonds is 3. The number of fused-ring (bicyclic) bond motifs is 5. The number of amides is 2. The first-order valence-corrected chi connectivity index (χ1v) is 9.81. The van der Waals surface area contributed by atoms with Gasteiger partial charge in [0.25, 0.3) is 0 Å². The highest BCUT2D eigenvalue weighted by Gasteiger charge is 2.54. The van der Waals surface area contributed by atoms with E-state index >= 15 is 0 Å². The molecule has 4 aliphatic carbocycles. The minimum atomic E-state index is 0.143. The molecule has 2 bridgehead atoms. The van der Waals surface area contributed by atoms with Crippen molar-refractivity contribution in [2.24, 2.45) is 29.6 Å². The fourth-order valence-corrected chi connectivity index (χ4v) is 6.38. The molecule has 2 amide bonds. The summed E-state index contributed by atoms with van der Waals surface area (Å²) in [6, 6.07) is 0.934. The van der Waals surface area contributed by atoms with Crippen molar-refractivity contribution in [2.45, 2.75) is 69.9 Å². The van der Waals surface area contributed by atoms with E-state index in [0.717, 1.165) is 49.4 Å². The Balaban J connectivity index is 1.30. The van der Waals surface area contributed by atoms with Crippen LogP contribution in [-0.4, -0.2) is 41.8 Å². The molecule has 2 N–H and O–H groups in total. The van der Waals surface area contributed by atoms with E-state index in [1.165, 1.54) is 32.1 Å². The molecule has 23 heavy (non-hydrogen) atoms. The summed E-state index contributed by atoms with van der Waals surface area (Å²) < 4.78 is 0. The van der Waals surface area contributed by atoms with Gasteiger partial charge in [0.2, 0.25) is 0 Å². The van der Waals surface area contributed by atoms with E-state index in [-0.39, 0.29) is 6.03 Å². The highest BCUT2D eigenvalue weighted by Crippen LogP contribution is 2.58. The zero-order chi connectivity index (χ0) is 16.0. The molecule has 5 unspecified atom stereocenters. The second kappa shape index (κ2) is 6.27. The molecule has 0 aromatic rings. The molecule has 4 aliphatic rings. The molecule has 130 valence electrons. The van der Waals surface area contributed by atoms with Gasteiger partial charge in [-0.1, -0.05) is 6.42 Å². The van der Waals surface area contributed by atoms with Crippen LogP contribution in [0.25, 0.3) is 0 Å². The summed E-state index contributed by atoms with van der Waals surface area (Å²) in [6.45, 7) is 0.302. The molecule has 0 radical (unpaired) electrons. The molecule has 0 spiro atoms. The van der Waals surface area contributed by atoms with E-state index in [4.69, 9.17) is 0 Å². The average Bonchev–Trinajstić information content (AvgIpc) is 3.27. The van der Waals surface area contributed by atoms with Gasteiger partial charge in [-0.05, 0) is 81.0 Å². The van der Waals surface area contributed by atoms with E-state index in [2.05, 4.69) is 5.32 Å². The molecule has 4 nitrogen and oxygen atoms in total. The SMILES string of the molecule is CN(C(=O)NC1CC2CC1C1CCCC21)C1CCC(CO)CC1. The van der Waals surface area contributed by atoms with E-state index in [1.54, 1.807) is 0 Å². The molecule has 4 heteroatoms. The van der Waals surface area contributed by atoms with E-state index in [0.29, 0.717) is 24.6 Å².